The average Bonchev–Trinajstić information content (AvgIpc) is 2.91. The third-order valence-electron chi connectivity index (χ3n) is 6.95. The first kappa shape index (κ1) is 27.2. The Hall–Kier alpha value is -3.42. The largest absolute Gasteiger partial charge is 0.418 e. The van der Waals surface area contributed by atoms with Gasteiger partial charge in [-0.15, -0.1) is 0 Å². The van der Waals surface area contributed by atoms with Crippen LogP contribution < -0.4 is 20.9 Å². The van der Waals surface area contributed by atoms with E-state index in [2.05, 4.69) is 5.10 Å². The normalized spacial score (nSPS) is 17.7. The van der Waals surface area contributed by atoms with Crippen molar-refractivity contribution in [3.05, 3.63) is 78.8 Å². The van der Waals surface area contributed by atoms with Gasteiger partial charge in [-0.2, -0.15) is 23.0 Å². The number of fused-ring (bicyclic) bond motifs is 1. The predicted molar refractivity (Wildman–Crippen MR) is 135 cm³/mol. The van der Waals surface area contributed by atoms with Gasteiger partial charge in [0.2, 0.25) is 0 Å². The molecule has 0 saturated carbocycles. The molecule has 1 saturated heterocycles. The minimum Gasteiger partial charge on any atom is -0.374 e. The fraction of sp³-hybridized carbons (Fsp3) is 0.400. The summed E-state index contributed by atoms with van der Waals surface area (Å²) in [6, 6.07) is 3.68. The molecule has 2 aliphatic rings. The smallest absolute Gasteiger partial charge is 0.374 e. The highest BCUT2D eigenvalue weighted by molar-refractivity contribution is 6.33. The molecule has 0 amide bonds. The number of benzene rings is 1. The van der Waals surface area contributed by atoms with E-state index >= 15 is 0 Å². The Morgan fingerprint density at radius 1 is 1.15 bits per heavy atom. The molecule has 1 fully saturated rings. The third-order valence-corrected chi connectivity index (χ3v) is 7.30. The summed E-state index contributed by atoms with van der Waals surface area (Å²) in [6.45, 7) is 1.37. The summed E-state index contributed by atoms with van der Waals surface area (Å²) in [5, 5.41) is 4.14. The topological polar surface area (TPSA) is 81.8 Å². The first-order valence-electron chi connectivity index (χ1n) is 12.0. The molecule has 1 aromatic carbocycles. The van der Waals surface area contributed by atoms with Crippen molar-refractivity contribution in [3.8, 4) is 0 Å². The van der Waals surface area contributed by atoms with Crippen LogP contribution in [0.25, 0.3) is 0 Å². The Morgan fingerprint density at radius 2 is 1.92 bits per heavy atom. The van der Waals surface area contributed by atoms with Crippen molar-refractivity contribution < 1.29 is 27.0 Å². The summed E-state index contributed by atoms with van der Waals surface area (Å²) >= 11 is 6.46. The molecule has 1 atom stereocenters. The van der Waals surface area contributed by atoms with Gasteiger partial charge in [0, 0.05) is 32.4 Å². The van der Waals surface area contributed by atoms with Gasteiger partial charge in [-0.3, -0.25) is 9.59 Å². The minimum atomic E-state index is -4.80. The summed E-state index contributed by atoms with van der Waals surface area (Å²) in [7, 11) is 2.97. The van der Waals surface area contributed by atoms with Crippen LogP contribution in [-0.4, -0.2) is 47.8 Å². The molecule has 3 aromatic rings. The van der Waals surface area contributed by atoms with E-state index in [-0.39, 0.29) is 29.5 Å². The lowest BCUT2D eigenvalue weighted by Gasteiger charge is -2.35. The van der Waals surface area contributed by atoms with E-state index < -0.39 is 34.9 Å². The number of pyridine rings is 1. The van der Waals surface area contributed by atoms with E-state index in [4.69, 9.17) is 21.1 Å². The summed E-state index contributed by atoms with van der Waals surface area (Å²) in [6.07, 6.45) is -3.74. The second-order valence-electron chi connectivity index (χ2n) is 9.24. The van der Waals surface area contributed by atoms with Crippen molar-refractivity contribution in [1.29, 1.82) is 0 Å². The van der Waals surface area contributed by atoms with Crippen molar-refractivity contribution in [2.75, 3.05) is 43.2 Å². The molecule has 1 unspecified atom stereocenters. The van der Waals surface area contributed by atoms with E-state index in [1.807, 2.05) is 0 Å². The molecule has 5 rings (SSSR count). The maximum Gasteiger partial charge on any atom is 0.418 e. The first-order valence-corrected chi connectivity index (χ1v) is 12.4. The van der Waals surface area contributed by atoms with Crippen molar-refractivity contribution in [1.82, 2.24) is 14.3 Å². The van der Waals surface area contributed by atoms with Crippen LogP contribution in [0.5, 0.6) is 0 Å². The summed E-state index contributed by atoms with van der Waals surface area (Å²) < 4.78 is 68.3. The van der Waals surface area contributed by atoms with E-state index in [0.29, 0.717) is 49.2 Å². The van der Waals surface area contributed by atoms with Gasteiger partial charge in [0.05, 0.1) is 55.2 Å². The lowest BCUT2D eigenvalue weighted by Crippen LogP contribution is -2.39. The van der Waals surface area contributed by atoms with E-state index in [9.17, 15) is 27.2 Å². The molecular formula is C25H24ClF4N5O4. The zero-order valence-electron chi connectivity index (χ0n) is 21.0. The molecule has 0 N–H and O–H groups in total. The Morgan fingerprint density at radius 3 is 2.62 bits per heavy atom. The average molecular weight is 570 g/mol. The molecule has 2 aromatic heterocycles. The molecular weight excluding hydrogens is 546 g/mol. The zero-order valence-corrected chi connectivity index (χ0v) is 21.7. The van der Waals surface area contributed by atoms with E-state index in [1.54, 1.807) is 11.9 Å². The number of halogens is 5. The maximum absolute atomic E-state index is 13.7. The monoisotopic (exact) mass is 569 g/mol. The number of ether oxygens (including phenoxy) is 2. The fourth-order valence-corrected chi connectivity index (χ4v) is 5.16. The van der Waals surface area contributed by atoms with Crippen LogP contribution in [0.3, 0.4) is 0 Å². The number of alkyl halides is 3. The van der Waals surface area contributed by atoms with Gasteiger partial charge >= 0.3 is 6.18 Å². The number of rotatable bonds is 4. The van der Waals surface area contributed by atoms with Crippen LogP contribution in [0.4, 0.5) is 34.6 Å². The zero-order chi connectivity index (χ0) is 28.1. The quantitative estimate of drug-likeness (QED) is 0.444. The number of aromatic nitrogens is 3. The maximum atomic E-state index is 13.7. The third kappa shape index (κ3) is 5.01. The Kier molecular flexibility index (Phi) is 7.16. The van der Waals surface area contributed by atoms with Crippen molar-refractivity contribution >= 4 is 28.7 Å². The Labute approximate surface area is 224 Å². The van der Waals surface area contributed by atoms with Crippen LogP contribution in [0.15, 0.2) is 40.1 Å². The van der Waals surface area contributed by atoms with Crippen molar-refractivity contribution in [2.24, 2.45) is 7.05 Å². The van der Waals surface area contributed by atoms with Gasteiger partial charge in [0.25, 0.3) is 11.1 Å². The van der Waals surface area contributed by atoms with E-state index in [1.165, 1.54) is 28.8 Å². The van der Waals surface area contributed by atoms with E-state index in [0.717, 1.165) is 16.8 Å². The fourth-order valence-electron chi connectivity index (χ4n) is 4.91. The van der Waals surface area contributed by atoms with Crippen LogP contribution in [0, 0.1) is 5.82 Å². The van der Waals surface area contributed by atoms with Gasteiger partial charge in [0.1, 0.15) is 10.8 Å². The highest BCUT2D eigenvalue weighted by Crippen LogP contribution is 2.41. The molecule has 4 heterocycles. The van der Waals surface area contributed by atoms with Crippen LogP contribution >= 0.6 is 11.6 Å². The summed E-state index contributed by atoms with van der Waals surface area (Å²) in [5.74, 6) is -1.02. The van der Waals surface area contributed by atoms with Gasteiger partial charge in [0.15, 0.2) is 6.23 Å². The molecule has 0 bridgehead atoms. The van der Waals surface area contributed by atoms with Crippen molar-refractivity contribution in [2.45, 2.75) is 25.4 Å². The van der Waals surface area contributed by atoms with Crippen molar-refractivity contribution in [3.63, 3.8) is 0 Å². The van der Waals surface area contributed by atoms with Gasteiger partial charge in [-0.25, -0.2) is 4.39 Å². The molecule has 0 radical (unpaired) electrons. The number of hydrogen-bond donors (Lipinski definition) is 0. The Bertz CT molecular complexity index is 1530. The molecule has 14 heteroatoms. The number of nitrogens with zero attached hydrogens (tertiary/aromatic N) is 5. The highest BCUT2D eigenvalue weighted by Gasteiger charge is 2.36. The molecule has 9 nitrogen and oxygen atoms in total. The second kappa shape index (κ2) is 10.3. The summed E-state index contributed by atoms with van der Waals surface area (Å²) in [5.41, 5.74) is -0.623. The van der Waals surface area contributed by atoms with Gasteiger partial charge in [-0.1, -0.05) is 11.6 Å². The van der Waals surface area contributed by atoms with Crippen LogP contribution in [0.2, 0.25) is 5.02 Å². The first-order chi connectivity index (χ1) is 18.5. The lowest BCUT2D eigenvalue weighted by atomic mass is 10.00. The predicted octanol–water partition coefficient (Wildman–Crippen LogP) is 3.63. The molecule has 208 valence electrons. The number of hydrogen-bond acceptors (Lipinski definition) is 7. The summed E-state index contributed by atoms with van der Waals surface area (Å²) in [4.78, 5) is 28.9. The molecule has 0 spiro atoms. The van der Waals surface area contributed by atoms with Gasteiger partial charge < -0.3 is 23.8 Å². The Balaban J connectivity index is 1.52. The lowest BCUT2D eigenvalue weighted by molar-refractivity contribution is -0.137. The molecule has 39 heavy (non-hydrogen) atoms. The SMILES string of the molecule is CN(c1ccc(F)cc1C(F)(F)F)c1cc(=O)n(C)c2c1CCN(c1cnn(C3COCCO3)c(=O)c1Cl)C2. The van der Waals surface area contributed by atoms with Crippen LogP contribution in [0.1, 0.15) is 23.0 Å². The highest BCUT2D eigenvalue weighted by atomic mass is 35.5. The van der Waals surface area contributed by atoms with Gasteiger partial charge in [-0.05, 0) is 30.2 Å². The van der Waals surface area contributed by atoms with Crippen LogP contribution in [-0.2, 0) is 35.7 Å². The standard InChI is InChI=1S/C25H24ClF4N5O4/c1-32(17-4-3-14(27)9-16(17)25(28,29)30)18-10-21(36)33(2)20-12-34(6-5-15(18)20)19-11-31-35(24(37)23(19)26)22-13-38-7-8-39-22/h3-4,9-11,22H,5-8,12-13H2,1-2H3. The number of anilines is 3. The second-order valence-corrected chi connectivity index (χ2v) is 9.61. The minimum absolute atomic E-state index is 0.0815. The molecule has 0 aliphatic carbocycles. The molecule has 2 aliphatic heterocycles.